The van der Waals surface area contributed by atoms with Crippen LogP contribution in [-0.4, -0.2) is 52.5 Å². The standard InChI is InChI=1S/C20H26N2O2S/c1-14-4-2-3-5-18(14)25-17-8-10-21(11-9-17)20(24)15-12-19(23)22(13-15)16-6-7-16/h2-5,15-17H,6-13H2,1H3/t15-/m0/s1. The molecule has 2 heterocycles. The van der Waals surface area contributed by atoms with Gasteiger partial charge in [0.1, 0.15) is 0 Å². The van der Waals surface area contributed by atoms with Gasteiger partial charge >= 0.3 is 0 Å². The van der Waals surface area contributed by atoms with Crippen molar-refractivity contribution in [3.8, 4) is 0 Å². The van der Waals surface area contributed by atoms with Crippen molar-refractivity contribution in [2.45, 2.75) is 55.2 Å². The molecular weight excluding hydrogens is 332 g/mol. The van der Waals surface area contributed by atoms with Crippen LogP contribution in [0.4, 0.5) is 0 Å². The average Bonchev–Trinajstić information content (AvgIpc) is 3.39. The monoisotopic (exact) mass is 358 g/mol. The number of nitrogens with zero attached hydrogens (tertiary/aromatic N) is 2. The van der Waals surface area contributed by atoms with E-state index in [1.807, 2.05) is 21.6 Å². The highest BCUT2D eigenvalue weighted by Gasteiger charge is 2.43. The molecule has 0 radical (unpaired) electrons. The summed E-state index contributed by atoms with van der Waals surface area (Å²) >= 11 is 1.95. The lowest BCUT2D eigenvalue weighted by molar-refractivity contribution is -0.136. The number of carbonyl (C=O) groups excluding carboxylic acids is 2. The molecule has 1 aromatic rings. The van der Waals surface area contributed by atoms with Gasteiger partial charge in [0.25, 0.3) is 0 Å². The average molecular weight is 359 g/mol. The predicted molar refractivity (Wildman–Crippen MR) is 99.5 cm³/mol. The number of piperidine rings is 1. The molecule has 0 spiro atoms. The summed E-state index contributed by atoms with van der Waals surface area (Å²) in [6, 6.07) is 8.95. The van der Waals surface area contributed by atoms with E-state index in [0.717, 1.165) is 38.8 Å². The second-order valence-corrected chi connectivity index (χ2v) is 8.93. The molecule has 1 aliphatic carbocycles. The van der Waals surface area contributed by atoms with Gasteiger partial charge in [-0.2, -0.15) is 0 Å². The molecule has 3 fully saturated rings. The molecule has 5 heteroatoms. The summed E-state index contributed by atoms with van der Waals surface area (Å²) < 4.78 is 0. The zero-order valence-corrected chi connectivity index (χ0v) is 15.6. The Morgan fingerprint density at radius 1 is 1.12 bits per heavy atom. The summed E-state index contributed by atoms with van der Waals surface area (Å²) in [4.78, 5) is 30.2. The maximum atomic E-state index is 12.8. The molecule has 0 N–H and O–H groups in total. The Morgan fingerprint density at radius 3 is 2.52 bits per heavy atom. The van der Waals surface area contributed by atoms with Gasteiger partial charge in [-0.1, -0.05) is 18.2 Å². The number of likely N-dealkylation sites (tertiary alicyclic amines) is 2. The number of carbonyl (C=O) groups is 2. The Hall–Kier alpha value is -1.49. The van der Waals surface area contributed by atoms with Crippen molar-refractivity contribution in [2.75, 3.05) is 19.6 Å². The van der Waals surface area contributed by atoms with Crippen LogP contribution < -0.4 is 0 Å². The minimum absolute atomic E-state index is 0.103. The van der Waals surface area contributed by atoms with Crippen molar-refractivity contribution < 1.29 is 9.59 Å². The number of hydrogen-bond donors (Lipinski definition) is 0. The van der Waals surface area contributed by atoms with Gasteiger partial charge in [-0.3, -0.25) is 9.59 Å². The van der Waals surface area contributed by atoms with Crippen LogP contribution in [0.3, 0.4) is 0 Å². The number of thioether (sulfide) groups is 1. The largest absolute Gasteiger partial charge is 0.342 e. The smallest absolute Gasteiger partial charge is 0.227 e. The predicted octanol–water partition coefficient (Wildman–Crippen LogP) is 3.09. The molecule has 4 rings (SSSR count). The highest BCUT2D eigenvalue weighted by molar-refractivity contribution is 8.00. The molecule has 0 unspecified atom stereocenters. The van der Waals surface area contributed by atoms with E-state index < -0.39 is 0 Å². The molecule has 2 amide bonds. The van der Waals surface area contributed by atoms with Crippen molar-refractivity contribution in [1.29, 1.82) is 0 Å². The van der Waals surface area contributed by atoms with Gasteiger partial charge < -0.3 is 9.80 Å². The van der Waals surface area contributed by atoms with Crippen molar-refractivity contribution in [2.24, 2.45) is 5.92 Å². The zero-order valence-electron chi connectivity index (χ0n) is 14.8. The molecular formula is C20H26N2O2S. The van der Waals surface area contributed by atoms with Gasteiger partial charge in [0, 0.05) is 42.2 Å². The lowest BCUT2D eigenvalue weighted by atomic mass is 10.0. The van der Waals surface area contributed by atoms with Crippen LogP contribution >= 0.6 is 11.8 Å². The van der Waals surface area contributed by atoms with Crippen LogP contribution in [-0.2, 0) is 9.59 Å². The highest BCUT2D eigenvalue weighted by atomic mass is 32.2. The molecule has 1 saturated carbocycles. The molecule has 0 bridgehead atoms. The fourth-order valence-electron chi connectivity index (χ4n) is 3.96. The summed E-state index contributed by atoms with van der Waals surface area (Å²) in [5, 5.41) is 0.582. The molecule has 2 aliphatic heterocycles. The van der Waals surface area contributed by atoms with Gasteiger partial charge in [0.05, 0.1) is 5.92 Å². The molecule has 25 heavy (non-hydrogen) atoms. The maximum absolute atomic E-state index is 12.8. The van der Waals surface area contributed by atoms with Crippen molar-refractivity contribution in [3.63, 3.8) is 0 Å². The van der Waals surface area contributed by atoms with E-state index in [-0.39, 0.29) is 17.7 Å². The SMILES string of the molecule is Cc1ccccc1SC1CCN(C(=O)[C@H]2CC(=O)N(C3CC3)C2)CC1. The third-order valence-electron chi connectivity index (χ3n) is 5.64. The Bertz CT molecular complexity index is 665. The van der Waals surface area contributed by atoms with E-state index in [1.165, 1.54) is 10.5 Å². The minimum Gasteiger partial charge on any atom is -0.342 e. The second kappa shape index (κ2) is 7.02. The van der Waals surface area contributed by atoms with E-state index in [1.54, 1.807) is 0 Å². The Kier molecular flexibility index (Phi) is 4.76. The van der Waals surface area contributed by atoms with E-state index in [9.17, 15) is 9.59 Å². The Morgan fingerprint density at radius 2 is 1.84 bits per heavy atom. The third-order valence-corrected chi connectivity index (χ3v) is 7.15. The van der Waals surface area contributed by atoms with Crippen LogP contribution in [0, 0.1) is 12.8 Å². The Balaban J connectivity index is 1.29. The van der Waals surface area contributed by atoms with Gasteiger partial charge in [-0.15, -0.1) is 11.8 Å². The van der Waals surface area contributed by atoms with Crippen LogP contribution in [0.25, 0.3) is 0 Å². The first kappa shape index (κ1) is 17.0. The number of aryl methyl sites for hydroxylation is 1. The minimum atomic E-state index is -0.103. The van der Waals surface area contributed by atoms with E-state index in [2.05, 4.69) is 31.2 Å². The first-order chi connectivity index (χ1) is 12.1. The molecule has 0 aromatic heterocycles. The van der Waals surface area contributed by atoms with Crippen LogP contribution in [0.1, 0.15) is 37.7 Å². The van der Waals surface area contributed by atoms with Gasteiger partial charge in [0.15, 0.2) is 0 Å². The first-order valence-electron chi connectivity index (χ1n) is 9.42. The summed E-state index contributed by atoms with van der Waals surface area (Å²) in [5.74, 6) is 0.287. The molecule has 2 saturated heterocycles. The van der Waals surface area contributed by atoms with Gasteiger partial charge in [-0.05, 0) is 44.2 Å². The normalized spacial score (nSPS) is 24.8. The van der Waals surface area contributed by atoms with Crippen molar-refractivity contribution in [3.05, 3.63) is 29.8 Å². The topological polar surface area (TPSA) is 40.6 Å². The van der Waals surface area contributed by atoms with Crippen molar-refractivity contribution in [1.82, 2.24) is 9.80 Å². The Labute approximate surface area is 153 Å². The summed E-state index contributed by atoms with van der Waals surface area (Å²) in [5.41, 5.74) is 1.33. The number of amides is 2. The zero-order chi connectivity index (χ0) is 17.4. The molecule has 134 valence electrons. The van der Waals surface area contributed by atoms with Crippen molar-refractivity contribution >= 4 is 23.6 Å². The number of rotatable bonds is 4. The lowest BCUT2D eigenvalue weighted by Crippen LogP contribution is -2.43. The number of benzene rings is 1. The van der Waals surface area contributed by atoms with Crippen LogP contribution in [0.15, 0.2) is 29.2 Å². The summed E-state index contributed by atoms with van der Waals surface area (Å²) in [6.07, 6.45) is 4.74. The van der Waals surface area contributed by atoms with E-state index in [0.29, 0.717) is 24.3 Å². The van der Waals surface area contributed by atoms with Gasteiger partial charge in [0.2, 0.25) is 11.8 Å². The molecule has 1 aromatic carbocycles. The summed E-state index contributed by atoms with van der Waals surface area (Å²) in [6.45, 7) is 4.47. The van der Waals surface area contributed by atoms with E-state index in [4.69, 9.17) is 0 Å². The molecule has 3 aliphatic rings. The maximum Gasteiger partial charge on any atom is 0.227 e. The second-order valence-electron chi connectivity index (χ2n) is 7.59. The highest BCUT2D eigenvalue weighted by Crippen LogP contribution is 2.35. The van der Waals surface area contributed by atoms with Crippen LogP contribution in [0.2, 0.25) is 0 Å². The lowest BCUT2D eigenvalue weighted by Gasteiger charge is -2.33. The van der Waals surface area contributed by atoms with Crippen LogP contribution in [0.5, 0.6) is 0 Å². The van der Waals surface area contributed by atoms with E-state index >= 15 is 0 Å². The fourth-order valence-corrected chi connectivity index (χ4v) is 5.17. The van der Waals surface area contributed by atoms with Gasteiger partial charge in [-0.25, -0.2) is 0 Å². The third kappa shape index (κ3) is 3.71. The number of hydrogen-bond acceptors (Lipinski definition) is 3. The quantitative estimate of drug-likeness (QED) is 0.830. The molecule has 4 nitrogen and oxygen atoms in total. The first-order valence-corrected chi connectivity index (χ1v) is 10.3. The summed E-state index contributed by atoms with van der Waals surface area (Å²) in [7, 11) is 0. The molecule has 1 atom stereocenters. The fraction of sp³-hybridized carbons (Fsp3) is 0.600.